The minimum atomic E-state index is -0.505. The Morgan fingerprint density at radius 1 is 0.806 bits per heavy atom. The summed E-state index contributed by atoms with van der Waals surface area (Å²) in [5.41, 5.74) is 2.45. The number of amides is 1. The number of halogens is 1. The molecule has 4 nitrogen and oxygen atoms in total. The Hall–Kier alpha value is -2.82. The normalized spacial score (nSPS) is 16.5. The van der Waals surface area contributed by atoms with Crippen molar-refractivity contribution in [1.82, 2.24) is 9.80 Å². The molecule has 0 N–H and O–H groups in total. The molecule has 1 aliphatic rings. The van der Waals surface area contributed by atoms with Gasteiger partial charge in [-0.25, -0.2) is 0 Å². The van der Waals surface area contributed by atoms with Gasteiger partial charge in [0, 0.05) is 31.2 Å². The van der Waals surface area contributed by atoms with Crippen LogP contribution in [-0.4, -0.2) is 48.0 Å². The Balaban J connectivity index is 1.44. The molecular formula is C26H27ClN2O2. The highest BCUT2D eigenvalue weighted by Gasteiger charge is 2.30. The number of benzene rings is 3. The first kappa shape index (κ1) is 21.4. The van der Waals surface area contributed by atoms with Crippen LogP contribution >= 0.6 is 11.6 Å². The molecule has 5 heteroatoms. The third-order valence-corrected chi connectivity index (χ3v) is 5.95. The summed E-state index contributed by atoms with van der Waals surface area (Å²) in [5.74, 6) is 0.750. The summed E-state index contributed by atoms with van der Waals surface area (Å²) in [6.45, 7) is 4.77. The van der Waals surface area contributed by atoms with E-state index in [1.54, 1.807) is 0 Å². The molecule has 3 aromatic carbocycles. The lowest BCUT2D eigenvalue weighted by Gasteiger charge is -2.40. The molecule has 1 saturated heterocycles. The number of carbonyl (C=O) groups excluding carboxylic acids is 1. The van der Waals surface area contributed by atoms with Gasteiger partial charge in [-0.1, -0.05) is 72.3 Å². The van der Waals surface area contributed by atoms with Crippen molar-refractivity contribution in [2.24, 2.45) is 0 Å². The van der Waals surface area contributed by atoms with Gasteiger partial charge in [0.15, 0.2) is 6.10 Å². The van der Waals surface area contributed by atoms with Crippen molar-refractivity contribution in [2.45, 2.75) is 19.1 Å². The molecule has 0 aromatic heterocycles. The van der Waals surface area contributed by atoms with Crippen LogP contribution in [0.25, 0.3) is 0 Å². The molecule has 0 aliphatic carbocycles. The van der Waals surface area contributed by atoms with Crippen LogP contribution < -0.4 is 4.74 Å². The topological polar surface area (TPSA) is 32.8 Å². The summed E-state index contributed by atoms with van der Waals surface area (Å²) in [7, 11) is 0. The predicted octanol–water partition coefficient (Wildman–Crippen LogP) is 5.04. The second-order valence-corrected chi connectivity index (χ2v) is 8.24. The minimum Gasteiger partial charge on any atom is -0.481 e. The Morgan fingerprint density at radius 2 is 1.35 bits per heavy atom. The molecule has 160 valence electrons. The van der Waals surface area contributed by atoms with E-state index in [-0.39, 0.29) is 11.9 Å². The fourth-order valence-corrected chi connectivity index (χ4v) is 4.23. The van der Waals surface area contributed by atoms with E-state index in [9.17, 15) is 4.79 Å². The third kappa shape index (κ3) is 5.27. The van der Waals surface area contributed by atoms with Crippen molar-refractivity contribution in [3.05, 3.63) is 101 Å². The standard InChI is InChI=1S/C26H27ClN2O2/c1-20(31-24-10-6-3-7-11-24)26(30)29-18-16-28(17-19-29)25(21-8-4-2-5-9-21)22-12-14-23(27)15-13-22/h2-15,20,25H,16-19H2,1H3/t20-,25-/m0/s1. The summed E-state index contributed by atoms with van der Waals surface area (Å²) < 4.78 is 5.84. The fraction of sp³-hybridized carbons (Fsp3) is 0.269. The SMILES string of the molecule is C[C@H](Oc1ccccc1)C(=O)N1CCN([C@@H](c2ccccc2)c2ccc(Cl)cc2)CC1. The van der Waals surface area contributed by atoms with E-state index in [1.807, 2.05) is 60.4 Å². The number of nitrogens with zero attached hydrogens (tertiary/aromatic N) is 2. The van der Waals surface area contributed by atoms with Crippen molar-refractivity contribution < 1.29 is 9.53 Å². The summed E-state index contributed by atoms with van der Waals surface area (Å²) in [6, 6.07) is 28.2. The maximum Gasteiger partial charge on any atom is 0.263 e. The molecular weight excluding hydrogens is 408 g/mol. The van der Waals surface area contributed by atoms with E-state index in [4.69, 9.17) is 16.3 Å². The zero-order valence-corrected chi connectivity index (χ0v) is 18.4. The van der Waals surface area contributed by atoms with Gasteiger partial charge in [0.05, 0.1) is 6.04 Å². The van der Waals surface area contributed by atoms with Crippen molar-refractivity contribution in [3.63, 3.8) is 0 Å². The molecule has 3 aromatic rings. The molecule has 0 bridgehead atoms. The van der Waals surface area contributed by atoms with Gasteiger partial charge in [0.1, 0.15) is 5.75 Å². The van der Waals surface area contributed by atoms with Crippen molar-refractivity contribution >= 4 is 17.5 Å². The molecule has 1 amide bonds. The van der Waals surface area contributed by atoms with E-state index in [2.05, 4.69) is 41.3 Å². The number of piperazine rings is 1. The van der Waals surface area contributed by atoms with Gasteiger partial charge in [-0.3, -0.25) is 9.69 Å². The Labute approximate surface area is 189 Å². The molecule has 1 heterocycles. The van der Waals surface area contributed by atoms with Crippen LogP contribution in [-0.2, 0) is 4.79 Å². The second kappa shape index (κ2) is 9.99. The number of rotatable bonds is 6. The van der Waals surface area contributed by atoms with Crippen molar-refractivity contribution in [2.75, 3.05) is 26.2 Å². The lowest BCUT2D eigenvalue weighted by molar-refractivity contribution is -0.140. The number of hydrogen-bond donors (Lipinski definition) is 0. The third-order valence-electron chi connectivity index (χ3n) is 5.70. The summed E-state index contributed by atoms with van der Waals surface area (Å²) >= 11 is 6.12. The maximum atomic E-state index is 12.9. The maximum absolute atomic E-state index is 12.9. The molecule has 1 fully saturated rings. The number of ether oxygens (including phenoxy) is 1. The van der Waals surface area contributed by atoms with Crippen LogP contribution in [0.5, 0.6) is 5.75 Å². The van der Waals surface area contributed by atoms with Gasteiger partial charge in [-0.2, -0.15) is 0 Å². The van der Waals surface area contributed by atoms with Gasteiger partial charge < -0.3 is 9.64 Å². The average Bonchev–Trinajstić information content (AvgIpc) is 2.82. The van der Waals surface area contributed by atoms with Crippen molar-refractivity contribution in [1.29, 1.82) is 0 Å². The van der Waals surface area contributed by atoms with Gasteiger partial charge in [-0.15, -0.1) is 0 Å². The van der Waals surface area contributed by atoms with Crippen LogP contribution in [0, 0.1) is 0 Å². The molecule has 4 rings (SSSR count). The van der Waals surface area contributed by atoms with Gasteiger partial charge in [0.25, 0.3) is 5.91 Å². The fourth-order valence-electron chi connectivity index (χ4n) is 4.11. The zero-order chi connectivity index (χ0) is 21.6. The van der Waals surface area contributed by atoms with E-state index in [1.165, 1.54) is 11.1 Å². The van der Waals surface area contributed by atoms with Crippen LogP contribution in [0.1, 0.15) is 24.1 Å². The molecule has 0 unspecified atom stereocenters. The van der Waals surface area contributed by atoms with Crippen LogP contribution in [0.3, 0.4) is 0 Å². The Morgan fingerprint density at radius 3 is 1.97 bits per heavy atom. The molecule has 0 saturated carbocycles. The van der Waals surface area contributed by atoms with Gasteiger partial charge >= 0.3 is 0 Å². The molecule has 31 heavy (non-hydrogen) atoms. The Bertz CT molecular complexity index is 971. The number of carbonyl (C=O) groups is 1. The molecule has 2 atom stereocenters. The summed E-state index contributed by atoms with van der Waals surface area (Å²) in [5, 5.41) is 0.735. The van der Waals surface area contributed by atoms with E-state index < -0.39 is 6.10 Å². The minimum absolute atomic E-state index is 0.0336. The van der Waals surface area contributed by atoms with Crippen LogP contribution in [0.4, 0.5) is 0 Å². The van der Waals surface area contributed by atoms with Crippen LogP contribution in [0.15, 0.2) is 84.9 Å². The summed E-state index contributed by atoms with van der Waals surface area (Å²) in [6.07, 6.45) is -0.505. The predicted molar refractivity (Wildman–Crippen MR) is 124 cm³/mol. The average molecular weight is 435 g/mol. The number of para-hydroxylation sites is 1. The second-order valence-electron chi connectivity index (χ2n) is 7.80. The van der Waals surface area contributed by atoms with Crippen LogP contribution in [0.2, 0.25) is 5.02 Å². The lowest BCUT2D eigenvalue weighted by Crippen LogP contribution is -2.52. The van der Waals surface area contributed by atoms with E-state index >= 15 is 0 Å². The Kier molecular flexibility index (Phi) is 6.90. The highest BCUT2D eigenvalue weighted by molar-refractivity contribution is 6.30. The quantitative estimate of drug-likeness (QED) is 0.544. The van der Waals surface area contributed by atoms with Crippen molar-refractivity contribution in [3.8, 4) is 5.75 Å². The summed E-state index contributed by atoms with van der Waals surface area (Å²) in [4.78, 5) is 17.3. The van der Waals surface area contributed by atoms with Gasteiger partial charge in [-0.05, 0) is 42.3 Å². The van der Waals surface area contributed by atoms with E-state index in [0.29, 0.717) is 18.8 Å². The molecule has 0 radical (unpaired) electrons. The largest absolute Gasteiger partial charge is 0.481 e. The monoisotopic (exact) mass is 434 g/mol. The zero-order valence-electron chi connectivity index (χ0n) is 17.7. The first-order chi connectivity index (χ1) is 15.1. The first-order valence-corrected chi connectivity index (χ1v) is 11.0. The lowest BCUT2D eigenvalue weighted by atomic mass is 9.96. The number of hydrogen-bond acceptors (Lipinski definition) is 3. The highest BCUT2D eigenvalue weighted by Crippen LogP contribution is 2.30. The first-order valence-electron chi connectivity index (χ1n) is 10.7. The molecule has 0 spiro atoms. The van der Waals surface area contributed by atoms with Gasteiger partial charge in [0.2, 0.25) is 0 Å². The smallest absolute Gasteiger partial charge is 0.263 e. The van der Waals surface area contributed by atoms with E-state index in [0.717, 1.165) is 18.1 Å². The highest BCUT2D eigenvalue weighted by atomic mass is 35.5. The molecule has 1 aliphatic heterocycles.